The van der Waals surface area contributed by atoms with Gasteiger partial charge in [0.2, 0.25) is 0 Å². The van der Waals surface area contributed by atoms with Crippen LogP contribution in [0.15, 0.2) is 28.7 Å². The molecule has 1 aliphatic rings. The molecule has 4 heteroatoms. The lowest BCUT2D eigenvalue weighted by Crippen LogP contribution is -2.12. The van der Waals surface area contributed by atoms with Crippen molar-refractivity contribution in [2.45, 2.75) is 52.5 Å². The number of imidazole rings is 1. The van der Waals surface area contributed by atoms with E-state index in [4.69, 9.17) is 9.97 Å². The largest absolute Gasteiger partial charge is 0.305 e. The topological polar surface area (TPSA) is 30.7 Å². The fourth-order valence-electron chi connectivity index (χ4n) is 3.98. The van der Waals surface area contributed by atoms with Gasteiger partial charge in [0.15, 0.2) is 5.65 Å². The molecule has 0 unspecified atom stereocenters. The molecule has 4 rings (SSSR count). The van der Waals surface area contributed by atoms with Gasteiger partial charge in [-0.1, -0.05) is 28.9 Å². The van der Waals surface area contributed by atoms with Crippen molar-refractivity contribution in [3.05, 3.63) is 56.9 Å². The summed E-state index contributed by atoms with van der Waals surface area (Å²) < 4.78 is 3.58. The summed E-state index contributed by atoms with van der Waals surface area (Å²) in [4.78, 5) is 9.83. The standard InChI is InChI=1S/C20H22BrN3/c1-4-5-18-23-19-12(2)10-13(3)22-20(19)24(18)17-9-6-14-11-15(21)7-8-16(14)17/h7-8,10-11,17H,4-6,9H2,1-3H3/t17-/m0/s1. The number of aryl methyl sites for hydroxylation is 4. The monoisotopic (exact) mass is 383 g/mol. The number of rotatable bonds is 3. The summed E-state index contributed by atoms with van der Waals surface area (Å²) in [5, 5.41) is 0. The Hall–Kier alpha value is -1.68. The highest BCUT2D eigenvalue weighted by molar-refractivity contribution is 9.10. The Bertz CT molecular complexity index is 926. The molecule has 0 N–H and O–H groups in total. The minimum atomic E-state index is 0.355. The Balaban J connectivity index is 1.95. The maximum Gasteiger partial charge on any atom is 0.161 e. The van der Waals surface area contributed by atoms with Gasteiger partial charge in [0.05, 0.1) is 6.04 Å². The number of nitrogens with zero attached hydrogens (tertiary/aromatic N) is 3. The van der Waals surface area contributed by atoms with Gasteiger partial charge in [0, 0.05) is 16.6 Å². The third-order valence-electron chi connectivity index (χ3n) is 4.98. The average Bonchev–Trinajstić information content (AvgIpc) is 3.08. The van der Waals surface area contributed by atoms with Crippen molar-refractivity contribution in [3.63, 3.8) is 0 Å². The van der Waals surface area contributed by atoms with Gasteiger partial charge >= 0.3 is 0 Å². The quantitative estimate of drug-likeness (QED) is 0.614. The zero-order valence-electron chi connectivity index (χ0n) is 14.4. The first kappa shape index (κ1) is 15.8. The Kier molecular flexibility index (Phi) is 3.95. The number of hydrogen-bond acceptors (Lipinski definition) is 2. The first-order valence-corrected chi connectivity index (χ1v) is 9.51. The molecule has 1 aliphatic carbocycles. The molecule has 24 heavy (non-hydrogen) atoms. The lowest BCUT2D eigenvalue weighted by atomic mass is 10.1. The molecule has 0 saturated heterocycles. The van der Waals surface area contributed by atoms with Crippen LogP contribution in [0.4, 0.5) is 0 Å². The van der Waals surface area contributed by atoms with Crippen LogP contribution in [-0.2, 0) is 12.8 Å². The third-order valence-corrected chi connectivity index (χ3v) is 5.47. The van der Waals surface area contributed by atoms with Crippen molar-refractivity contribution >= 4 is 27.1 Å². The molecule has 0 amide bonds. The zero-order valence-corrected chi connectivity index (χ0v) is 16.0. The van der Waals surface area contributed by atoms with Crippen LogP contribution in [0.5, 0.6) is 0 Å². The van der Waals surface area contributed by atoms with Crippen LogP contribution < -0.4 is 0 Å². The van der Waals surface area contributed by atoms with Gasteiger partial charge in [-0.15, -0.1) is 0 Å². The summed E-state index contributed by atoms with van der Waals surface area (Å²) in [6.45, 7) is 6.43. The van der Waals surface area contributed by atoms with E-state index in [0.717, 1.165) is 47.0 Å². The fraction of sp³-hybridized carbons (Fsp3) is 0.400. The summed E-state index contributed by atoms with van der Waals surface area (Å²) in [5.41, 5.74) is 7.28. The Morgan fingerprint density at radius 1 is 1.21 bits per heavy atom. The van der Waals surface area contributed by atoms with E-state index in [1.165, 1.54) is 22.5 Å². The van der Waals surface area contributed by atoms with E-state index >= 15 is 0 Å². The number of fused-ring (bicyclic) bond motifs is 2. The number of hydrogen-bond donors (Lipinski definition) is 0. The van der Waals surface area contributed by atoms with E-state index in [1.807, 2.05) is 0 Å². The van der Waals surface area contributed by atoms with Crippen LogP contribution in [0.1, 0.15) is 54.0 Å². The number of halogens is 1. The van der Waals surface area contributed by atoms with Gasteiger partial charge in [-0.05, 0) is 68.0 Å². The minimum absolute atomic E-state index is 0.355. The van der Waals surface area contributed by atoms with Crippen molar-refractivity contribution in [1.82, 2.24) is 14.5 Å². The molecule has 2 aromatic heterocycles. The van der Waals surface area contributed by atoms with Gasteiger partial charge in [0.1, 0.15) is 11.3 Å². The lowest BCUT2D eigenvalue weighted by Gasteiger charge is -2.18. The Labute approximate surface area is 151 Å². The Morgan fingerprint density at radius 3 is 2.83 bits per heavy atom. The highest BCUT2D eigenvalue weighted by Gasteiger charge is 2.28. The molecule has 0 saturated carbocycles. The molecule has 3 aromatic rings. The second-order valence-electron chi connectivity index (χ2n) is 6.80. The van der Waals surface area contributed by atoms with E-state index in [-0.39, 0.29) is 0 Å². The normalized spacial score (nSPS) is 16.8. The SMILES string of the molecule is CCCc1nc2c(C)cc(C)nc2n1[C@H]1CCc2cc(Br)ccc21. The molecular formula is C20H22BrN3. The molecule has 3 nitrogen and oxygen atoms in total. The van der Waals surface area contributed by atoms with Crippen molar-refractivity contribution in [2.24, 2.45) is 0 Å². The molecule has 0 radical (unpaired) electrons. The van der Waals surface area contributed by atoms with Gasteiger partial charge in [-0.25, -0.2) is 9.97 Å². The molecule has 0 fully saturated rings. The summed E-state index contributed by atoms with van der Waals surface area (Å²) in [6, 6.07) is 9.17. The first-order chi connectivity index (χ1) is 11.6. The zero-order chi connectivity index (χ0) is 16.8. The van der Waals surface area contributed by atoms with Gasteiger partial charge in [-0.3, -0.25) is 0 Å². The van der Waals surface area contributed by atoms with Crippen molar-refractivity contribution in [3.8, 4) is 0 Å². The van der Waals surface area contributed by atoms with Crippen molar-refractivity contribution in [1.29, 1.82) is 0 Å². The van der Waals surface area contributed by atoms with E-state index in [9.17, 15) is 0 Å². The summed E-state index contributed by atoms with van der Waals surface area (Å²) in [5.74, 6) is 1.18. The van der Waals surface area contributed by atoms with E-state index < -0.39 is 0 Å². The molecular weight excluding hydrogens is 362 g/mol. The molecule has 0 bridgehead atoms. The third kappa shape index (κ3) is 2.48. The van der Waals surface area contributed by atoms with Crippen LogP contribution in [0.3, 0.4) is 0 Å². The van der Waals surface area contributed by atoms with Crippen LogP contribution in [-0.4, -0.2) is 14.5 Å². The smallest absolute Gasteiger partial charge is 0.161 e. The predicted octanol–water partition coefficient (Wildman–Crippen LogP) is 5.30. The maximum absolute atomic E-state index is 4.97. The molecule has 1 aromatic carbocycles. The van der Waals surface area contributed by atoms with E-state index in [1.54, 1.807) is 0 Å². The molecule has 1 atom stereocenters. The van der Waals surface area contributed by atoms with E-state index in [2.05, 4.69) is 65.5 Å². The second kappa shape index (κ2) is 5.99. The van der Waals surface area contributed by atoms with Crippen molar-refractivity contribution in [2.75, 3.05) is 0 Å². The second-order valence-corrected chi connectivity index (χ2v) is 7.71. The fourth-order valence-corrected chi connectivity index (χ4v) is 4.39. The average molecular weight is 384 g/mol. The van der Waals surface area contributed by atoms with Gasteiger partial charge in [0.25, 0.3) is 0 Å². The number of pyridine rings is 1. The van der Waals surface area contributed by atoms with Gasteiger partial charge in [-0.2, -0.15) is 0 Å². The molecule has 124 valence electrons. The van der Waals surface area contributed by atoms with Crippen LogP contribution in [0.2, 0.25) is 0 Å². The summed E-state index contributed by atoms with van der Waals surface area (Å²) in [6.07, 6.45) is 4.34. The molecule has 0 aliphatic heterocycles. The van der Waals surface area contributed by atoms with Gasteiger partial charge < -0.3 is 4.57 Å². The summed E-state index contributed by atoms with van der Waals surface area (Å²) in [7, 11) is 0. The minimum Gasteiger partial charge on any atom is -0.305 e. The van der Waals surface area contributed by atoms with E-state index in [0.29, 0.717) is 6.04 Å². The number of benzene rings is 1. The molecule has 0 spiro atoms. The van der Waals surface area contributed by atoms with Crippen LogP contribution in [0.25, 0.3) is 11.2 Å². The first-order valence-electron chi connectivity index (χ1n) is 8.72. The highest BCUT2D eigenvalue weighted by Crippen LogP contribution is 2.38. The molecule has 2 heterocycles. The summed E-state index contributed by atoms with van der Waals surface area (Å²) >= 11 is 3.60. The predicted molar refractivity (Wildman–Crippen MR) is 102 cm³/mol. The maximum atomic E-state index is 4.97. The van der Waals surface area contributed by atoms with Crippen molar-refractivity contribution < 1.29 is 0 Å². The lowest BCUT2D eigenvalue weighted by molar-refractivity contribution is 0.560. The van der Waals surface area contributed by atoms with Crippen LogP contribution in [0, 0.1) is 13.8 Å². The highest BCUT2D eigenvalue weighted by atomic mass is 79.9. The number of aromatic nitrogens is 3. The van der Waals surface area contributed by atoms with Crippen LogP contribution >= 0.6 is 15.9 Å². The Morgan fingerprint density at radius 2 is 2.04 bits per heavy atom.